The number of nitrogens with one attached hydrogen (secondary N) is 1. The Balaban J connectivity index is 1.72. The fraction of sp³-hybridized carbons (Fsp3) is 0.391. The summed E-state index contributed by atoms with van der Waals surface area (Å²) in [4.78, 5) is 8.74. The van der Waals surface area contributed by atoms with E-state index in [1.165, 1.54) is 18.5 Å². The SMILES string of the molecule is Cc1cc(N=S(C)(=O)C(C)C)cc2ncnc(Nc3ccc(F)cc3O[C@@H]3COC[C@@H]3O)c12. The third-order valence-corrected chi connectivity index (χ3v) is 7.88. The number of anilines is 2. The molecule has 1 saturated heterocycles. The van der Waals surface area contributed by atoms with Crippen molar-refractivity contribution in [2.24, 2.45) is 4.36 Å². The first-order valence-corrected chi connectivity index (χ1v) is 12.6. The quantitative estimate of drug-likeness (QED) is 0.554. The van der Waals surface area contributed by atoms with E-state index >= 15 is 0 Å². The van der Waals surface area contributed by atoms with Gasteiger partial charge in [0.1, 0.15) is 29.8 Å². The Kier molecular flexibility index (Phi) is 6.51. The van der Waals surface area contributed by atoms with Gasteiger partial charge in [-0.25, -0.2) is 18.6 Å². The van der Waals surface area contributed by atoms with Gasteiger partial charge in [-0.2, -0.15) is 4.36 Å². The second kappa shape index (κ2) is 9.20. The van der Waals surface area contributed by atoms with Crippen LogP contribution in [-0.2, 0) is 14.5 Å². The molecule has 176 valence electrons. The van der Waals surface area contributed by atoms with Gasteiger partial charge in [0.2, 0.25) is 0 Å². The van der Waals surface area contributed by atoms with Crippen molar-refractivity contribution in [2.75, 3.05) is 24.8 Å². The third-order valence-electron chi connectivity index (χ3n) is 5.56. The molecule has 2 heterocycles. The summed E-state index contributed by atoms with van der Waals surface area (Å²) >= 11 is 0. The van der Waals surface area contributed by atoms with E-state index < -0.39 is 27.8 Å². The maximum atomic E-state index is 13.9. The molecule has 0 aliphatic carbocycles. The van der Waals surface area contributed by atoms with Crippen LogP contribution in [0, 0.1) is 12.7 Å². The Morgan fingerprint density at radius 2 is 2.06 bits per heavy atom. The van der Waals surface area contributed by atoms with Crippen LogP contribution in [0.25, 0.3) is 10.9 Å². The first kappa shape index (κ1) is 23.3. The Morgan fingerprint density at radius 1 is 1.27 bits per heavy atom. The molecule has 10 heteroatoms. The van der Waals surface area contributed by atoms with Gasteiger partial charge in [-0.3, -0.25) is 0 Å². The van der Waals surface area contributed by atoms with Crippen molar-refractivity contribution >= 4 is 37.8 Å². The van der Waals surface area contributed by atoms with E-state index in [9.17, 15) is 13.7 Å². The molecule has 8 nitrogen and oxygen atoms in total. The minimum atomic E-state index is -2.39. The topological polar surface area (TPSA) is 106 Å². The summed E-state index contributed by atoms with van der Waals surface area (Å²) in [5.41, 5.74) is 2.55. The number of rotatable bonds is 6. The van der Waals surface area contributed by atoms with Gasteiger partial charge in [0.05, 0.1) is 39.8 Å². The Morgan fingerprint density at radius 3 is 2.76 bits per heavy atom. The van der Waals surface area contributed by atoms with Crippen LogP contribution >= 0.6 is 0 Å². The average molecular weight is 475 g/mol. The van der Waals surface area contributed by atoms with Crippen molar-refractivity contribution in [1.82, 2.24) is 9.97 Å². The monoisotopic (exact) mass is 474 g/mol. The number of fused-ring (bicyclic) bond motifs is 1. The largest absolute Gasteiger partial charge is 0.483 e. The van der Waals surface area contributed by atoms with Gasteiger partial charge in [0.15, 0.2) is 6.10 Å². The highest BCUT2D eigenvalue weighted by Gasteiger charge is 2.29. The normalized spacial score (nSPS) is 20.1. The van der Waals surface area contributed by atoms with Crippen molar-refractivity contribution in [3.8, 4) is 5.75 Å². The maximum Gasteiger partial charge on any atom is 0.150 e. The smallest absolute Gasteiger partial charge is 0.150 e. The van der Waals surface area contributed by atoms with Gasteiger partial charge in [0, 0.05) is 23.0 Å². The molecule has 1 aliphatic rings. The number of aromatic nitrogens is 2. The van der Waals surface area contributed by atoms with E-state index in [4.69, 9.17) is 9.47 Å². The maximum absolute atomic E-state index is 13.9. The standard InChI is InChI=1S/C23H27FN4O4S/c1-13(2)33(4,30)28-16-7-14(3)22-18(9-16)25-12-26-23(22)27-17-6-5-15(24)8-20(17)32-21-11-31-10-19(21)29/h5-9,12-13,19,21,29H,10-11H2,1-4H3,(H,25,26,27)/t19-,21+,33?/m0/s1. The Bertz CT molecular complexity index is 1310. The summed E-state index contributed by atoms with van der Waals surface area (Å²) < 4.78 is 42.2. The molecule has 0 spiro atoms. The van der Waals surface area contributed by atoms with Crippen LogP contribution in [0.3, 0.4) is 0 Å². The summed E-state index contributed by atoms with van der Waals surface area (Å²) in [6, 6.07) is 7.73. The average Bonchev–Trinajstić information content (AvgIpc) is 3.14. The number of ether oxygens (including phenoxy) is 2. The zero-order valence-electron chi connectivity index (χ0n) is 18.9. The summed E-state index contributed by atoms with van der Waals surface area (Å²) in [6.45, 7) is 6.05. The van der Waals surface area contributed by atoms with Gasteiger partial charge in [-0.05, 0) is 36.8 Å². The summed E-state index contributed by atoms with van der Waals surface area (Å²) in [6.07, 6.45) is 1.68. The number of nitrogens with zero attached hydrogens (tertiary/aromatic N) is 3. The molecule has 4 rings (SSSR count). The first-order chi connectivity index (χ1) is 15.6. The second-order valence-electron chi connectivity index (χ2n) is 8.41. The van der Waals surface area contributed by atoms with Crippen LogP contribution in [0.2, 0.25) is 0 Å². The number of aliphatic hydroxyl groups is 1. The van der Waals surface area contributed by atoms with Crippen molar-refractivity contribution in [3.05, 3.63) is 48.0 Å². The highest BCUT2D eigenvalue weighted by Crippen LogP contribution is 2.34. The minimum Gasteiger partial charge on any atom is -0.483 e. The first-order valence-electron chi connectivity index (χ1n) is 10.6. The van der Waals surface area contributed by atoms with Crippen LogP contribution in [0.5, 0.6) is 5.75 Å². The van der Waals surface area contributed by atoms with Crippen LogP contribution in [-0.4, -0.2) is 56.2 Å². The van der Waals surface area contributed by atoms with Gasteiger partial charge in [-0.1, -0.05) is 13.8 Å². The highest BCUT2D eigenvalue weighted by atomic mass is 32.2. The Labute approximate surface area is 192 Å². The third kappa shape index (κ3) is 5.07. The van der Waals surface area contributed by atoms with Gasteiger partial charge in [0.25, 0.3) is 0 Å². The molecule has 3 aromatic rings. The van der Waals surface area contributed by atoms with Crippen LogP contribution in [0.1, 0.15) is 19.4 Å². The van der Waals surface area contributed by atoms with Crippen molar-refractivity contribution < 1.29 is 23.2 Å². The van der Waals surface area contributed by atoms with E-state index in [0.29, 0.717) is 22.7 Å². The lowest BCUT2D eigenvalue weighted by molar-refractivity contribution is 0.0736. The van der Waals surface area contributed by atoms with E-state index in [1.54, 1.807) is 18.4 Å². The summed E-state index contributed by atoms with van der Waals surface area (Å²) in [5.74, 6) is 0.278. The predicted octanol–water partition coefficient (Wildman–Crippen LogP) is 4.10. The molecule has 1 aromatic heterocycles. The number of aryl methyl sites for hydroxylation is 1. The number of hydrogen-bond acceptors (Lipinski definition) is 8. The highest BCUT2D eigenvalue weighted by molar-refractivity contribution is 7.93. The molecule has 1 fully saturated rings. The van der Waals surface area contributed by atoms with E-state index in [-0.39, 0.29) is 24.2 Å². The van der Waals surface area contributed by atoms with Crippen molar-refractivity contribution in [3.63, 3.8) is 0 Å². The molecular formula is C23H27FN4O4S. The lowest BCUT2D eigenvalue weighted by Crippen LogP contribution is -2.30. The van der Waals surface area contributed by atoms with E-state index in [0.717, 1.165) is 10.9 Å². The summed E-state index contributed by atoms with van der Waals surface area (Å²) in [5, 5.41) is 13.9. The molecule has 1 aliphatic heterocycles. The molecule has 3 atom stereocenters. The van der Waals surface area contributed by atoms with Crippen molar-refractivity contribution in [2.45, 2.75) is 38.2 Å². The lowest BCUT2D eigenvalue weighted by Gasteiger charge is -2.19. The van der Waals surface area contributed by atoms with Crippen LogP contribution in [0.4, 0.5) is 21.6 Å². The molecule has 1 unspecified atom stereocenters. The second-order valence-corrected chi connectivity index (χ2v) is 11.3. The zero-order valence-corrected chi connectivity index (χ0v) is 19.7. The fourth-order valence-corrected chi connectivity index (χ4v) is 4.19. The molecule has 33 heavy (non-hydrogen) atoms. The fourth-order valence-electron chi connectivity index (χ4n) is 3.46. The lowest BCUT2D eigenvalue weighted by atomic mass is 10.1. The molecule has 0 bridgehead atoms. The van der Waals surface area contributed by atoms with E-state index in [1.807, 2.05) is 26.8 Å². The molecular weight excluding hydrogens is 447 g/mol. The Hall–Kier alpha value is -2.82. The molecule has 0 radical (unpaired) electrons. The van der Waals surface area contributed by atoms with Gasteiger partial charge >= 0.3 is 0 Å². The molecule has 2 N–H and O–H groups in total. The van der Waals surface area contributed by atoms with Gasteiger partial charge in [-0.15, -0.1) is 0 Å². The van der Waals surface area contributed by atoms with Crippen molar-refractivity contribution in [1.29, 1.82) is 0 Å². The number of halogens is 1. The molecule has 2 aromatic carbocycles. The van der Waals surface area contributed by atoms with Crippen LogP contribution < -0.4 is 10.1 Å². The molecule has 0 saturated carbocycles. The minimum absolute atomic E-state index is 0.0863. The summed E-state index contributed by atoms with van der Waals surface area (Å²) in [7, 11) is -2.39. The molecule has 0 amide bonds. The number of benzene rings is 2. The van der Waals surface area contributed by atoms with Crippen LogP contribution in [0.15, 0.2) is 41.0 Å². The number of hydrogen-bond donors (Lipinski definition) is 2. The zero-order chi connectivity index (χ0) is 23.8. The number of aliphatic hydroxyl groups excluding tert-OH is 1. The van der Waals surface area contributed by atoms with E-state index in [2.05, 4.69) is 19.6 Å². The van der Waals surface area contributed by atoms with Gasteiger partial charge < -0.3 is 19.9 Å². The predicted molar refractivity (Wildman–Crippen MR) is 126 cm³/mol.